The number of hydrogen-bond acceptors (Lipinski definition) is 8. The number of amides is 2. The molecule has 3 heterocycles. The molecule has 0 saturated carbocycles. The standard InChI is InChI=1S/C20H20N6O3S2/c1-2-29-18(27)16-15(21-19(28)22-17(16)13-7-4-3-5-8-13)12-31-20-23-24-25-26(20)11-14-9-6-10-30-14/h3-10,17H,2,11-12H2,1H3,(H2,21,22,28)/t17-/m0/s1. The highest BCUT2D eigenvalue weighted by atomic mass is 32.2. The van der Waals surface area contributed by atoms with Gasteiger partial charge in [-0.25, -0.2) is 14.3 Å². The average Bonchev–Trinajstić information content (AvgIpc) is 3.45. The third-order valence-corrected chi connectivity index (χ3v) is 6.36. The highest BCUT2D eigenvalue weighted by molar-refractivity contribution is 7.99. The number of thioether (sulfide) groups is 1. The molecule has 1 aromatic carbocycles. The largest absolute Gasteiger partial charge is 0.463 e. The number of tetrazole rings is 1. The van der Waals surface area contributed by atoms with E-state index in [9.17, 15) is 9.59 Å². The second-order valence-corrected chi connectivity index (χ2v) is 8.52. The lowest BCUT2D eigenvalue weighted by Crippen LogP contribution is -2.46. The van der Waals surface area contributed by atoms with Crippen molar-refractivity contribution in [2.45, 2.75) is 24.7 Å². The lowest BCUT2D eigenvalue weighted by molar-refractivity contribution is -0.139. The van der Waals surface area contributed by atoms with Gasteiger partial charge in [-0.1, -0.05) is 48.2 Å². The van der Waals surface area contributed by atoms with Crippen molar-refractivity contribution in [2.75, 3.05) is 12.4 Å². The van der Waals surface area contributed by atoms with Crippen molar-refractivity contribution in [3.05, 3.63) is 69.6 Å². The first-order chi connectivity index (χ1) is 15.2. The van der Waals surface area contributed by atoms with Crippen molar-refractivity contribution < 1.29 is 14.3 Å². The Balaban J connectivity index is 1.61. The number of esters is 1. The van der Waals surface area contributed by atoms with Gasteiger partial charge in [0.25, 0.3) is 0 Å². The fourth-order valence-corrected chi connectivity index (χ4v) is 4.69. The lowest BCUT2D eigenvalue weighted by Gasteiger charge is -2.29. The summed E-state index contributed by atoms with van der Waals surface area (Å²) in [7, 11) is 0. The average molecular weight is 457 g/mol. The maximum Gasteiger partial charge on any atom is 0.338 e. The highest BCUT2D eigenvalue weighted by Crippen LogP contribution is 2.30. The second kappa shape index (κ2) is 9.75. The Morgan fingerprint density at radius 2 is 2.10 bits per heavy atom. The van der Waals surface area contributed by atoms with Crippen LogP contribution in [0.1, 0.15) is 23.4 Å². The number of aromatic nitrogens is 4. The third-order valence-electron chi connectivity index (χ3n) is 4.51. The summed E-state index contributed by atoms with van der Waals surface area (Å²) in [5.74, 6) is -0.173. The zero-order chi connectivity index (χ0) is 21.6. The second-order valence-electron chi connectivity index (χ2n) is 6.54. The molecular weight excluding hydrogens is 436 g/mol. The lowest BCUT2D eigenvalue weighted by atomic mass is 9.95. The van der Waals surface area contributed by atoms with Gasteiger partial charge in [-0.3, -0.25) is 0 Å². The summed E-state index contributed by atoms with van der Waals surface area (Å²) in [6.45, 7) is 2.53. The SMILES string of the molecule is CCOC(=O)C1=C(CSc2nnnn2Cc2cccs2)NC(=O)N[C@H]1c1ccccc1. The Labute approximate surface area is 186 Å². The van der Waals surface area contributed by atoms with Crippen molar-refractivity contribution in [3.63, 3.8) is 0 Å². The number of carbonyl (C=O) groups is 2. The van der Waals surface area contributed by atoms with E-state index in [0.717, 1.165) is 10.4 Å². The van der Waals surface area contributed by atoms with Crippen LogP contribution >= 0.6 is 23.1 Å². The number of hydrogen-bond donors (Lipinski definition) is 2. The van der Waals surface area contributed by atoms with Crippen LogP contribution in [-0.4, -0.2) is 44.6 Å². The van der Waals surface area contributed by atoms with Crippen LogP contribution in [-0.2, 0) is 16.1 Å². The zero-order valence-corrected chi connectivity index (χ0v) is 18.3. The Morgan fingerprint density at radius 3 is 2.84 bits per heavy atom. The molecule has 0 bridgehead atoms. The smallest absolute Gasteiger partial charge is 0.338 e. The van der Waals surface area contributed by atoms with E-state index in [4.69, 9.17) is 4.74 Å². The summed E-state index contributed by atoms with van der Waals surface area (Å²) in [6, 6.07) is 12.3. The van der Waals surface area contributed by atoms with Gasteiger partial charge in [-0.15, -0.1) is 16.4 Å². The van der Waals surface area contributed by atoms with Gasteiger partial charge < -0.3 is 15.4 Å². The molecule has 2 amide bonds. The van der Waals surface area contributed by atoms with E-state index >= 15 is 0 Å². The minimum absolute atomic E-state index is 0.233. The molecule has 0 unspecified atom stereocenters. The minimum Gasteiger partial charge on any atom is -0.463 e. The van der Waals surface area contributed by atoms with E-state index in [0.29, 0.717) is 28.7 Å². The minimum atomic E-state index is -0.605. The molecule has 1 aliphatic rings. The van der Waals surface area contributed by atoms with Crippen LogP contribution in [0, 0.1) is 0 Å². The number of urea groups is 1. The third kappa shape index (κ3) is 4.94. The molecule has 1 aliphatic heterocycles. The van der Waals surface area contributed by atoms with Gasteiger partial charge in [0.05, 0.1) is 24.8 Å². The molecule has 4 rings (SSSR count). The van der Waals surface area contributed by atoms with Crippen LogP contribution in [0.5, 0.6) is 0 Å². The molecule has 9 nitrogen and oxygen atoms in total. The van der Waals surface area contributed by atoms with Crippen LogP contribution in [0.25, 0.3) is 0 Å². The predicted octanol–water partition coefficient (Wildman–Crippen LogP) is 2.75. The number of thiophene rings is 1. The Hall–Kier alpha value is -3.18. The van der Waals surface area contributed by atoms with Crippen LogP contribution < -0.4 is 10.6 Å². The number of benzene rings is 1. The van der Waals surface area contributed by atoms with Crippen molar-refractivity contribution in [3.8, 4) is 0 Å². The van der Waals surface area contributed by atoms with Crippen molar-refractivity contribution >= 4 is 35.1 Å². The van der Waals surface area contributed by atoms with Crippen molar-refractivity contribution in [1.82, 2.24) is 30.8 Å². The summed E-state index contributed by atoms with van der Waals surface area (Å²) in [6.07, 6.45) is 0. The van der Waals surface area contributed by atoms with Crippen molar-refractivity contribution in [2.24, 2.45) is 0 Å². The topological polar surface area (TPSA) is 111 Å². The van der Waals surface area contributed by atoms with Crippen LogP contribution in [0.3, 0.4) is 0 Å². The van der Waals surface area contributed by atoms with Gasteiger partial charge in [0.1, 0.15) is 0 Å². The Morgan fingerprint density at radius 1 is 1.26 bits per heavy atom. The van der Waals surface area contributed by atoms with E-state index in [1.807, 2.05) is 47.8 Å². The molecule has 2 N–H and O–H groups in total. The maximum absolute atomic E-state index is 12.8. The normalized spacial score (nSPS) is 16.0. The number of nitrogens with one attached hydrogen (secondary N) is 2. The highest BCUT2D eigenvalue weighted by Gasteiger charge is 2.33. The molecule has 0 saturated heterocycles. The van der Waals surface area contributed by atoms with Gasteiger partial charge in [0.2, 0.25) is 5.16 Å². The first-order valence-electron chi connectivity index (χ1n) is 9.59. The van der Waals surface area contributed by atoms with E-state index in [-0.39, 0.29) is 12.6 Å². The fraction of sp³-hybridized carbons (Fsp3) is 0.250. The monoisotopic (exact) mass is 456 g/mol. The zero-order valence-electron chi connectivity index (χ0n) is 16.6. The van der Waals surface area contributed by atoms with Gasteiger partial charge in [0.15, 0.2) is 0 Å². The van der Waals surface area contributed by atoms with Crippen molar-refractivity contribution in [1.29, 1.82) is 0 Å². The van der Waals surface area contributed by atoms with Gasteiger partial charge in [-0.2, -0.15) is 0 Å². The molecule has 31 heavy (non-hydrogen) atoms. The van der Waals surface area contributed by atoms with E-state index in [2.05, 4.69) is 26.2 Å². The maximum atomic E-state index is 12.8. The summed E-state index contributed by atoms with van der Waals surface area (Å²) in [5, 5.41) is 20.1. The number of carbonyl (C=O) groups excluding carboxylic acids is 2. The predicted molar refractivity (Wildman–Crippen MR) is 116 cm³/mol. The van der Waals surface area contributed by atoms with Gasteiger partial charge in [0, 0.05) is 16.3 Å². The van der Waals surface area contributed by atoms with Gasteiger partial charge in [-0.05, 0) is 34.4 Å². The number of nitrogens with zero attached hydrogens (tertiary/aromatic N) is 4. The molecule has 0 fully saturated rings. The first kappa shape index (κ1) is 21.1. The molecule has 160 valence electrons. The molecule has 0 radical (unpaired) electrons. The first-order valence-corrected chi connectivity index (χ1v) is 11.5. The fourth-order valence-electron chi connectivity index (χ4n) is 3.16. The molecule has 2 aromatic heterocycles. The molecular formula is C20H20N6O3S2. The molecule has 1 atom stereocenters. The van der Waals surface area contributed by atoms with Crippen LogP contribution in [0.15, 0.2) is 64.3 Å². The molecule has 11 heteroatoms. The Bertz CT molecular complexity index is 1080. The van der Waals surface area contributed by atoms with E-state index in [1.54, 1.807) is 22.9 Å². The quantitative estimate of drug-likeness (QED) is 0.396. The summed E-state index contributed by atoms with van der Waals surface area (Å²) in [5.41, 5.74) is 1.65. The Kier molecular flexibility index (Phi) is 6.63. The van der Waals surface area contributed by atoms with Crippen LogP contribution in [0.2, 0.25) is 0 Å². The van der Waals surface area contributed by atoms with E-state index in [1.165, 1.54) is 11.8 Å². The molecule has 0 spiro atoms. The number of ether oxygens (including phenoxy) is 1. The summed E-state index contributed by atoms with van der Waals surface area (Å²) in [4.78, 5) is 26.3. The van der Waals surface area contributed by atoms with Gasteiger partial charge >= 0.3 is 12.0 Å². The number of rotatable bonds is 8. The van der Waals surface area contributed by atoms with E-state index < -0.39 is 12.0 Å². The van der Waals surface area contributed by atoms with Crippen LogP contribution in [0.4, 0.5) is 4.79 Å². The summed E-state index contributed by atoms with van der Waals surface area (Å²) < 4.78 is 6.98. The summed E-state index contributed by atoms with van der Waals surface area (Å²) >= 11 is 2.97. The molecule has 0 aliphatic carbocycles. The molecule has 3 aromatic rings.